The topological polar surface area (TPSA) is 47.6 Å². The van der Waals surface area contributed by atoms with Crippen LogP contribution in [0.2, 0.25) is 0 Å². The number of anilines is 1. The molecule has 0 radical (unpaired) electrons. The lowest BCUT2D eigenvalue weighted by Gasteiger charge is -2.19. The summed E-state index contributed by atoms with van der Waals surface area (Å²) in [6.07, 6.45) is 0. The molecule has 1 atom stereocenters. The van der Waals surface area contributed by atoms with Gasteiger partial charge >= 0.3 is 7.52 Å². The lowest BCUT2D eigenvalue weighted by atomic mass is 10.3. The van der Waals surface area contributed by atoms with Crippen molar-refractivity contribution >= 4 is 36.4 Å². The van der Waals surface area contributed by atoms with Gasteiger partial charge in [-0.3, -0.25) is 4.57 Å². The summed E-state index contributed by atoms with van der Waals surface area (Å²) in [5.74, 6) is 0.700. The van der Waals surface area contributed by atoms with Gasteiger partial charge in [-0.15, -0.1) is 0 Å². The minimum atomic E-state index is -3.28. The van der Waals surface area contributed by atoms with Gasteiger partial charge in [0.25, 0.3) is 0 Å². The molecule has 1 rings (SSSR count). The first-order valence-corrected chi connectivity index (χ1v) is 6.94. The molecule has 0 aliphatic heterocycles. The molecule has 1 aromatic carbocycles. The van der Waals surface area contributed by atoms with Gasteiger partial charge in [0, 0.05) is 12.8 Å². The Balaban J connectivity index is 2.83. The highest BCUT2D eigenvalue weighted by atomic mass is 35.5. The van der Waals surface area contributed by atoms with Crippen LogP contribution in [0.25, 0.3) is 0 Å². The van der Waals surface area contributed by atoms with Crippen molar-refractivity contribution in [3.8, 4) is 5.75 Å². The fourth-order valence-electron chi connectivity index (χ4n) is 1.02. The van der Waals surface area contributed by atoms with Crippen molar-refractivity contribution in [2.24, 2.45) is 0 Å². The van der Waals surface area contributed by atoms with E-state index in [2.05, 4.69) is 5.09 Å². The molecule has 0 spiro atoms. The molecule has 1 N–H and O–H groups in total. The SMILES string of the molecule is COc1ccc(NP(=O)(OC)C(Cl)Cl)cc1. The van der Waals surface area contributed by atoms with E-state index < -0.39 is 12.1 Å². The molecule has 1 unspecified atom stereocenters. The lowest BCUT2D eigenvalue weighted by molar-refractivity contribution is 0.400. The largest absolute Gasteiger partial charge is 0.497 e. The lowest BCUT2D eigenvalue weighted by Crippen LogP contribution is -2.04. The number of hydrogen-bond donors (Lipinski definition) is 1. The number of benzene rings is 1. The first kappa shape index (κ1) is 13.7. The average Bonchev–Trinajstić information content (AvgIpc) is 2.29. The van der Waals surface area contributed by atoms with Crippen molar-refractivity contribution < 1.29 is 13.8 Å². The molecule has 0 aliphatic rings. The molecular weight excluding hydrogens is 272 g/mol. The Morgan fingerprint density at radius 2 is 1.81 bits per heavy atom. The third-order valence-corrected chi connectivity index (χ3v) is 5.07. The third-order valence-electron chi connectivity index (χ3n) is 1.90. The van der Waals surface area contributed by atoms with Gasteiger partial charge in [0.15, 0.2) is 0 Å². The molecule has 0 heterocycles. The van der Waals surface area contributed by atoms with Crippen LogP contribution in [-0.2, 0) is 9.09 Å². The maximum atomic E-state index is 12.0. The predicted molar refractivity (Wildman–Crippen MR) is 66.7 cm³/mol. The van der Waals surface area contributed by atoms with E-state index in [1.165, 1.54) is 7.11 Å². The zero-order valence-electron chi connectivity index (χ0n) is 8.81. The summed E-state index contributed by atoms with van der Waals surface area (Å²) in [6.45, 7) is 0. The van der Waals surface area contributed by atoms with E-state index in [1.807, 2.05) is 0 Å². The monoisotopic (exact) mass is 283 g/mol. The van der Waals surface area contributed by atoms with Crippen LogP contribution in [0.1, 0.15) is 0 Å². The molecule has 7 heteroatoms. The quantitative estimate of drug-likeness (QED) is 0.661. The van der Waals surface area contributed by atoms with Crippen molar-refractivity contribution in [1.82, 2.24) is 0 Å². The first-order valence-electron chi connectivity index (χ1n) is 4.38. The zero-order valence-corrected chi connectivity index (χ0v) is 11.2. The van der Waals surface area contributed by atoms with Crippen LogP contribution >= 0.6 is 30.7 Å². The van der Waals surface area contributed by atoms with Gasteiger partial charge in [0.05, 0.1) is 7.11 Å². The summed E-state index contributed by atoms with van der Waals surface area (Å²) >= 11 is 11.2. The summed E-state index contributed by atoms with van der Waals surface area (Å²) in [6, 6.07) is 6.83. The smallest absolute Gasteiger partial charge is 0.325 e. The highest BCUT2D eigenvalue weighted by Crippen LogP contribution is 2.54. The number of hydrogen-bond acceptors (Lipinski definition) is 3. The van der Waals surface area contributed by atoms with Crippen LogP contribution in [0.15, 0.2) is 24.3 Å². The van der Waals surface area contributed by atoms with Crippen molar-refractivity contribution in [3.05, 3.63) is 24.3 Å². The molecule has 0 aromatic heterocycles. The number of methoxy groups -OCH3 is 1. The van der Waals surface area contributed by atoms with Gasteiger partial charge in [-0.05, 0) is 24.3 Å². The molecule has 0 bridgehead atoms. The molecule has 0 saturated heterocycles. The van der Waals surface area contributed by atoms with Gasteiger partial charge in [-0.25, -0.2) is 0 Å². The summed E-state index contributed by atoms with van der Waals surface area (Å²) in [7, 11) is -0.425. The highest BCUT2D eigenvalue weighted by molar-refractivity contribution is 7.64. The molecule has 0 fully saturated rings. The van der Waals surface area contributed by atoms with Crippen molar-refractivity contribution in [2.75, 3.05) is 19.3 Å². The summed E-state index contributed by atoms with van der Waals surface area (Å²) in [5, 5.41) is 2.67. The van der Waals surface area contributed by atoms with Gasteiger partial charge < -0.3 is 14.3 Å². The second-order valence-electron chi connectivity index (χ2n) is 2.90. The van der Waals surface area contributed by atoms with Crippen LogP contribution < -0.4 is 9.82 Å². The summed E-state index contributed by atoms with van der Waals surface area (Å²) in [5.41, 5.74) is 0.595. The molecule has 16 heavy (non-hydrogen) atoms. The van der Waals surface area contributed by atoms with Crippen molar-refractivity contribution in [2.45, 2.75) is 4.58 Å². The number of ether oxygens (including phenoxy) is 1. The van der Waals surface area contributed by atoms with Crippen LogP contribution in [0.4, 0.5) is 5.69 Å². The predicted octanol–water partition coefficient (Wildman–Crippen LogP) is 3.71. The number of halogens is 2. The van der Waals surface area contributed by atoms with Crippen molar-refractivity contribution in [3.63, 3.8) is 0 Å². The van der Waals surface area contributed by atoms with Crippen LogP contribution in [-0.4, -0.2) is 18.8 Å². The fraction of sp³-hybridized carbons (Fsp3) is 0.333. The second-order valence-corrected chi connectivity index (χ2v) is 6.90. The third kappa shape index (κ3) is 3.29. The van der Waals surface area contributed by atoms with Gasteiger partial charge in [0.2, 0.25) is 4.58 Å². The molecule has 0 aliphatic carbocycles. The summed E-state index contributed by atoms with van der Waals surface area (Å²) in [4.78, 5) is 0. The highest BCUT2D eigenvalue weighted by Gasteiger charge is 2.30. The fourth-order valence-corrected chi connectivity index (χ4v) is 2.65. The van der Waals surface area contributed by atoms with E-state index in [0.29, 0.717) is 11.4 Å². The van der Waals surface area contributed by atoms with E-state index in [1.54, 1.807) is 31.4 Å². The van der Waals surface area contributed by atoms with E-state index >= 15 is 0 Å². The number of alkyl halides is 2. The van der Waals surface area contributed by atoms with E-state index in [-0.39, 0.29) is 0 Å². The molecule has 90 valence electrons. The molecule has 0 saturated carbocycles. The Labute approximate surface area is 104 Å². The van der Waals surface area contributed by atoms with Crippen molar-refractivity contribution in [1.29, 1.82) is 0 Å². The molecular formula is C9H12Cl2NO3P. The standard InChI is InChI=1S/C9H12Cl2NO3P/c1-14-8-5-3-7(4-6-8)12-16(13,15-2)9(10)11/h3-6,9H,1-2H3,(H,12,13). The van der Waals surface area contributed by atoms with Crippen LogP contribution in [0, 0.1) is 0 Å². The maximum Gasteiger partial charge on any atom is 0.325 e. The zero-order chi connectivity index (χ0) is 12.2. The van der Waals surface area contributed by atoms with Crippen LogP contribution in [0.3, 0.4) is 0 Å². The minimum absolute atomic E-state index is 0.595. The Kier molecular flexibility index (Phi) is 4.93. The Morgan fingerprint density at radius 3 is 2.19 bits per heavy atom. The number of nitrogens with one attached hydrogen (secondary N) is 1. The molecule has 4 nitrogen and oxygen atoms in total. The Bertz CT molecular complexity index is 383. The molecule has 0 amide bonds. The van der Waals surface area contributed by atoms with Crippen LogP contribution in [0.5, 0.6) is 5.75 Å². The maximum absolute atomic E-state index is 12.0. The van der Waals surface area contributed by atoms with Gasteiger partial charge in [-0.1, -0.05) is 23.2 Å². The Morgan fingerprint density at radius 1 is 1.25 bits per heavy atom. The van der Waals surface area contributed by atoms with E-state index in [9.17, 15) is 4.57 Å². The number of rotatable bonds is 5. The molecule has 1 aromatic rings. The second kappa shape index (κ2) is 5.78. The first-order chi connectivity index (χ1) is 7.51. The summed E-state index contributed by atoms with van der Waals surface area (Å²) < 4.78 is 20.7. The average molecular weight is 284 g/mol. The van der Waals surface area contributed by atoms with Gasteiger partial charge in [0.1, 0.15) is 5.75 Å². The van der Waals surface area contributed by atoms with E-state index in [4.69, 9.17) is 32.5 Å². The van der Waals surface area contributed by atoms with Gasteiger partial charge in [-0.2, -0.15) is 0 Å². The minimum Gasteiger partial charge on any atom is -0.497 e. The van der Waals surface area contributed by atoms with E-state index in [0.717, 1.165) is 0 Å². The normalized spacial score (nSPS) is 14.6. The Hall–Kier alpha value is -0.410.